The zero-order chi connectivity index (χ0) is 71.6. The molecule has 570 valence electrons. The second-order valence-corrected chi connectivity index (χ2v) is 29.0. The molecule has 0 saturated carbocycles. The highest BCUT2D eigenvalue weighted by molar-refractivity contribution is 5.92. The van der Waals surface area contributed by atoms with Crippen LogP contribution in [0.3, 0.4) is 0 Å². The van der Waals surface area contributed by atoms with Crippen LogP contribution in [0.1, 0.15) is 364 Å². The van der Waals surface area contributed by atoms with Gasteiger partial charge in [-0.1, -0.05) is 325 Å². The van der Waals surface area contributed by atoms with Crippen molar-refractivity contribution in [3.63, 3.8) is 0 Å². The Morgan fingerprint density at radius 1 is 0.299 bits per heavy atom. The molecule has 16 nitrogen and oxygen atoms in total. The van der Waals surface area contributed by atoms with Gasteiger partial charge in [-0.05, 0) is 50.4 Å². The van der Waals surface area contributed by atoms with Crippen LogP contribution in [0.2, 0.25) is 0 Å². The van der Waals surface area contributed by atoms with Crippen LogP contribution >= 0.6 is 0 Å². The molecular formula is C81H157N7O9. The first-order valence-electron chi connectivity index (χ1n) is 41.3. The molecule has 3 N–H and O–H groups in total. The van der Waals surface area contributed by atoms with E-state index < -0.39 is 6.04 Å². The van der Waals surface area contributed by atoms with E-state index in [1.54, 1.807) is 29.4 Å². The summed E-state index contributed by atoms with van der Waals surface area (Å²) < 4.78 is 0. The van der Waals surface area contributed by atoms with Crippen molar-refractivity contribution < 1.29 is 43.8 Å². The number of nitrogens with zero attached hydrogens (tertiary/aromatic N) is 6. The van der Waals surface area contributed by atoms with E-state index in [0.717, 1.165) is 141 Å². The van der Waals surface area contributed by atoms with Gasteiger partial charge in [0, 0.05) is 39.3 Å². The third-order valence-corrected chi connectivity index (χ3v) is 20.2. The molecule has 0 aromatic carbocycles. The van der Waals surface area contributed by atoms with Crippen molar-refractivity contribution in [1.82, 2.24) is 34.7 Å². The fourth-order valence-corrected chi connectivity index (χ4v) is 13.3. The fraction of sp³-hybridized carbons (Fsp3) is 0.914. The molecule has 0 aromatic rings. The van der Waals surface area contributed by atoms with Gasteiger partial charge in [-0.2, -0.15) is 0 Å². The van der Waals surface area contributed by atoms with Crippen molar-refractivity contribution in [1.29, 1.82) is 0 Å². The highest BCUT2D eigenvalue weighted by Crippen LogP contribution is 2.21. The van der Waals surface area contributed by atoms with Crippen molar-refractivity contribution in [2.45, 2.75) is 370 Å². The maximum atomic E-state index is 15.4. The zero-order valence-corrected chi connectivity index (χ0v) is 64.8. The Morgan fingerprint density at radius 2 is 0.526 bits per heavy atom. The SMILES string of the molecule is CCCCCCCCCCCCN(CC(=O)N(CCCCCCCCCCCC)CC(=O)N(CC(=O)N(CCCCCCCCCCCC)CC(=O)N(CCCCCCCCCCCC)CC(=O)N(CC=O)CC(CC)CCCC)CC(CC)CCCC)C(=O)CNC(CO)CO. The van der Waals surface area contributed by atoms with Gasteiger partial charge >= 0.3 is 0 Å². The van der Waals surface area contributed by atoms with E-state index in [9.17, 15) is 29.4 Å². The smallest absolute Gasteiger partial charge is 0.242 e. The van der Waals surface area contributed by atoms with Crippen molar-refractivity contribution >= 4 is 41.7 Å². The van der Waals surface area contributed by atoms with Gasteiger partial charge in [0.15, 0.2) is 0 Å². The Bertz CT molecular complexity index is 1870. The summed E-state index contributed by atoms with van der Waals surface area (Å²) in [5.41, 5.74) is 0. The van der Waals surface area contributed by atoms with Gasteiger partial charge in [-0.3, -0.25) is 28.8 Å². The number of nitrogens with one attached hydrogen (secondary N) is 1. The summed E-state index contributed by atoms with van der Waals surface area (Å²) in [6.07, 6.45) is 52.8. The van der Waals surface area contributed by atoms with E-state index in [2.05, 4.69) is 60.7 Å². The highest BCUT2D eigenvalue weighted by Gasteiger charge is 2.31. The Kier molecular flexibility index (Phi) is 65.6. The topological polar surface area (TPSA) is 191 Å². The monoisotopic (exact) mass is 1370 g/mol. The Morgan fingerprint density at radius 3 is 0.784 bits per heavy atom. The lowest BCUT2D eigenvalue weighted by atomic mass is 9.98. The normalized spacial score (nSPS) is 12.1. The predicted molar refractivity (Wildman–Crippen MR) is 405 cm³/mol. The number of hydrogen-bond acceptors (Lipinski definition) is 10. The number of carbonyl (C=O) groups is 7. The lowest BCUT2D eigenvalue weighted by Crippen LogP contribution is -2.53. The number of aliphatic hydroxyl groups is 2. The van der Waals surface area contributed by atoms with Crippen molar-refractivity contribution in [2.24, 2.45) is 11.8 Å². The standard InChI is InChI=1S/C81H157N7O9/c1-9-17-23-27-31-35-39-43-47-51-57-83(76(92)63-82-75(71-90)72-91)66-77(93)86(60-54-50-46-42-38-34-30-26-20-12-4)69-81(97)88(65-74(16-8)56-22-14-6)70-80(96)85(59-53-49-45-41-37-33-29-25-19-11-3)67-78(94)84(58-52-48-44-40-36-32-28-24-18-10-2)68-79(95)87(61-62-89)64-73(15-7)55-21-13-5/h62,73-75,82,90-91H,9-61,63-72H2,1-8H3. The molecule has 2 unspecified atom stereocenters. The predicted octanol–water partition coefficient (Wildman–Crippen LogP) is 17.2. The fourth-order valence-electron chi connectivity index (χ4n) is 13.3. The number of aldehydes is 1. The highest BCUT2D eigenvalue weighted by atomic mass is 16.3. The van der Waals surface area contributed by atoms with E-state index in [1.807, 2.05) is 0 Å². The van der Waals surface area contributed by atoms with Crippen LogP contribution in [-0.2, 0) is 33.6 Å². The molecule has 0 aromatic heterocycles. The molecule has 0 aliphatic heterocycles. The molecule has 16 heteroatoms. The second kappa shape index (κ2) is 68.2. The summed E-state index contributed by atoms with van der Waals surface area (Å²) in [7, 11) is 0. The molecule has 0 bridgehead atoms. The van der Waals surface area contributed by atoms with Crippen LogP contribution in [0, 0.1) is 11.8 Å². The number of carbonyl (C=O) groups excluding carboxylic acids is 7. The maximum Gasteiger partial charge on any atom is 0.242 e. The van der Waals surface area contributed by atoms with Crippen LogP contribution in [0.15, 0.2) is 0 Å². The van der Waals surface area contributed by atoms with Gasteiger partial charge < -0.3 is 49.7 Å². The van der Waals surface area contributed by atoms with Crippen LogP contribution in [0.4, 0.5) is 0 Å². The molecule has 0 radical (unpaired) electrons. The van der Waals surface area contributed by atoms with Crippen LogP contribution in [0.25, 0.3) is 0 Å². The summed E-state index contributed by atoms with van der Waals surface area (Å²) >= 11 is 0. The van der Waals surface area contributed by atoms with Crippen molar-refractivity contribution in [2.75, 3.05) is 98.3 Å². The van der Waals surface area contributed by atoms with E-state index in [1.165, 1.54) is 148 Å². The molecule has 0 aliphatic carbocycles. The number of unbranched alkanes of at least 4 members (excludes halogenated alkanes) is 38. The minimum absolute atomic E-state index is 0.0429. The third-order valence-electron chi connectivity index (χ3n) is 20.2. The lowest BCUT2D eigenvalue weighted by Gasteiger charge is -2.33. The van der Waals surface area contributed by atoms with Gasteiger partial charge in [0.25, 0.3) is 0 Å². The van der Waals surface area contributed by atoms with E-state index in [4.69, 9.17) is 0 Å². The van der Waals surface area contributed by atoms with Gasteiger partial charge in [0.05, 0.1) is 65.1 Å². The van der Waals surface area contributed by atoms with Crippen LogP contribution in [0.5, 0.6) is 0 Å². The summed E-state index contributed by atoms with van der Waals surface area (Å²) in [4.78, 5) is 111. The first kappa shape index (κ1) is 93.4. The summed E-state index contributed by atoms with van der Waals surface area (Å²) in [5, 5.41) is 22.7. The quantitative estimate of drug-likeness (QED) is 0.0390. The number of rotatable bonds is 73. The molecule has 0 heterocycles. The minimum Gasteiger partial charge on any atom is -0.395 e. The molecule has 97 heavy (non-hydrogen) atoms. The van der Waals surface area contributed by atoms with Crippen molar-refractivity contribution in [3.05, 3.63) is 0 Å². The van der Waals surface area contributed by atoms with Crippen LogP contribution < -0.4 is 5.32 Å². The van der Waals surface area contributed by atoms with Gasteiger partial charge in [0.2, 0.25) is 35.4 Å². The van der Waals surface area contributed by atoms with E-state index in [0.29, 0.717) is 65.0 Å². The molecule has 0 spiro atoms. The summed E-state index contributed by atoms with van der Waals surface area (Å²) in [5.74, 6) is -1.58. The van der Waals surface area contributed by atoms with Gasteiger partial charge in [0.1, 0.15) is 6.29 Å². The number of aliphatic hydroxyl groups excluding tert-OH is 2. The van der Waals surface area contributed by atoms with E-state index in [-0.39, 0.29) is 106 Å². The average Bonchev–Trinajstić information content (AvgIpc) is 0.926. The second-order valence-electron chi connectivity index (χ2n) is 29.0. The summed E-state index contributed by atoms with van der Waals surface area (Å²) in [6, 6.07) is -0.687. The first-order valence-corrected chi connectivity index (χ1v) is 41.3. The molecule has 0 aliphatic rings. The zero-order valence-electron chi connectivity index (χ0n) is 64.8. The number of amides is 6. The molecule has 0 rings (SSSR count). The number of hydrogen-bond donors (Lipinski definition) is 3. The minimum atomic E-state index is -0.687. The molecule has 6 amide bonds. The maximum absolute atomic E-state index is 15.4. The first-order chi connectivity index (χ1) is 47.3. The molecule has 0 fully saturated rings. The average molecular weight is 1370 g/mol. The third kappa shape index (κ3) is 52.1. The molecular weight excluding hydrogens is 1210 g/mol. The Hall–Kier alpha value is -3.63. The Labute approximate surface area is 597 Å². The molecule has 0 saturated heterocycles. The van der Waals surface area contributed by atoms with Crippen LogP contribution in [-0.4, -0.2) is 186 Å². The lowest BCUT2D eigenvalue weighted by molar-refractivity contribution is -0.148. The van der Waals surface area contributed by atoms with Gasteiger partial charge in [-0.15, -0.1) is 0 Å². The van der Waals surface area contributed by atoms with E-state index >= 15 is 14.4 Å². The van der Waals surface area contributed by atoms with Crippen molar-refractivity contribution in [3.8, 4) is 0 Å². The molecule has 2 atom stereocenters. The summed E-state index contributed by atoms with van der Waals surface area (Å²) in [6.45, 7) is 17.5. The Balaban J connectivity index is 7.43. The van der Waals surface area contributed by atoms with Gasteiger partial charge in [-0.25, -0.2) is 0 Å². The largest absolute Gasteiger partial charge is 0.395 e.